The number of carboxylic acids is 2. The zero-order valence-electron chi connectivity index (χ0n) is 15.1. The van der Waals surface area contributed by atoms with Gasteiger partial charge in [-0.05, 0) is 6.92 Å². The number of hydrogen-bond donors (Lipinski definition) is 5. The van der Waals surface area contributed by atoms with Crippen molar-refractivity contribution in [3.05, 3.63) is 28.8 Å². The van der Waals surface area contributed by atoms with E-state index < -0.39 is 37.2 Å². The van der Waals surface area contributed by atoms with Gasteiger partial charge in [-0.25, -0.2) is 0 Å². The van der Waals surface area contributed by atoms with Crippen LogP contribution >= 0.6 is 0 Å². The molecule has 11 heteroatoms. The van der Waals surface area contributed by atoms with Crippen molar-refractivity contribution in [3.63, 3.8) is 0 Å². The molecule has 1 rings (SSSR count). The molecule has 5 N–H and O–H groups in total. The Hall–Kier alpha value is -0.200. The number of aryl methyl sites for hydroxylation is 1. The number of aromatic hydroxyl groups is 1. The monoisotopic (exact) mass is 386 g/mol. The number of phenolic OH excluding ortho intramolecular Hbond substituents is 1. The maximum absolute atomic E-state index is 10.8. The second kappa shape index (κ2) is 13.9. The predicted molar refractivity (Wildman–Crippen MR) is 78.3 cm³/mol. The largest absolute Gasteiger partial charge is 1.00 e. The first-order valence-corrected chi connectivity index (χ1v) is 7.21. The van der Waals surface area contributed by atoms with E-state index in [1.807, 2.05) is 0 Å². The van der Waals surface area contributed by atoms with E-state index in [-0.39, 0.29) is 78.0 Å². The average molecular weight is 386 g/mol. The Labute approximate surface area is 195 Å². The normalized spacial score (nSPS) is 12.4. The van der Waals surface area contributed by atoms with Crippen LogP contribution in [0.4, 0.5) is 0 Å². The van der Waals surface area contributed by atoms with Crippen LogP contribution in [0.3, 0.4) is 0 Å². The van der Waals surface area contributed by atoms with Gasteiger partial charge in [-0.3, -0.25) is 0 Å². The number of rotatable bonds is 10. The molecule has 0 bridgehead atoms. The second-order valence-corrected chi connectivity index (χ2v) is 5.30. The van der Waals surface area contributed by atoms with Gasteiger partial charge in [0.2, 0.25) is 0 Å². The molecule has 9 nitrogen and oxygen atoms in total. The van der Waals surface area contributed by atoms with E-state index in [2.05, 4.69) is 10.6 Å². The molecule has 0 amide bonds. The summed E-state index contributed by atoms with van der Waals surface area (Å²) in [4.78, 5) is 21.5. The minimum atomic E-state index is -1.47. The van der Waals surface area contributed by atoms with Gasteiger partial charge < -0.3 is 45.8 Å². The van der Waals surface area contributed by atoms with Gasteiger partial charge in [0, 0.05) is 24.2 Å². The Bertz CT molecular complexity index is 554. The Morgan fingerprint density at radius 1 is 0.962 bits per heavy atom. The van der Waals surface area contributed by atoms with Crippen molar-refractivity contribution in [1.82, 2.24) is 10.6 Å². The first-order valence-electron chi connectivity index (χ1n) is 7.21. The fraction of sp³-hybridized carbons (Fsp3) is 0.467. The van der Waals surface area contributed by atoms with Gasteiger partial charge in [-0.15, -0.1) is 0 Å². The van der Waals surface area contributed by atoms with E-state index in [0.29, 0.717) is 11.1 Å². The topological polar surface area (TPSA) is 165 Å². The van der Waals surface area contributed by atoms with Crippen LogP contribution in [-0.2, 0) is 22.7 Å². The molecule has 0 aliphatic heterocycles. The predicted octanol–water partition coefficient (Wildman–Crippen LogP) is -9.89. The van der Waals surface area contributed by atoms with Crippen molar-refractivity contribution in [1.29, 1.82) is 0 Å². The molecule has 0 heterocycles. The molecule has 1 aromatic rings. The van der Waals surface area contributed by atoms with E-state index in [1.165, 1.54) is 0 Å². The number of nitrogens with one attached hydrogen (secondary N) is 2. The van der Waals surface area contributed by atoms with Gasteiger partial charge in [0.05, 0.1) is 37.2 Å². The number of phenols is 1. The molecule has 0 aliphatic rings. The molecule has 2 atom stereocenters. The SMILES string of the molecule is Cc1cc(CN[C@@H](CO)C(=O)[O-])c(O)c(CN[C@@H](CO)C(=O)[O-])c1.[Na+].[Na+]. The van der Waals surface area contributed by atoms with Gasteiger partial charge in [0.25, 0.3) is 0 Å². The Morgan fingerprint density at radius 2 is 1.31 bits per heavy atom. The summed E-state index contributed by atoms with van der Waals surface area (Å²) in [6, 6.07) is 0.696. The van der Waals surface area contributed by atoms with Crippen LogP contribution in [0.25, 0.3) is 0 Å². The summed E-state index contributed by atoms with van der Waals surface area (Å²) in [5.74, 6) is -3.08. The van der Waals surface area contributed by atoms with Crippen molar-refractivity contribution < 1.29 is 94.2 Å². The first-order chi connectivity index (χ1) is 11.3. The first kappa shape index (κ1) is 28.0. The summed E-state index contributed by atoms with van der Waals surface area (Å²) in [7, 11) is 0. The quantitative estimate of drug-likeness (QED) is 0.246. The molecular weight excluding hydrogens is 366 g/mol. The maximum Gasteiger partial charge on any atom is 1.00 e. The minimum Gasteiger partial charge on any atom is -0.548 e. The molecule has 0 unspecified atom stereocenters. The smallest absolute Gasteiger partial charge is 0.548 e. The minimum absolute atomic E-state index is 0. The van der Waals surface area contributed by atoms with Crippen LogP contribution in [-0.4, -0.2) is 52.6 Å². The van der Waals surface area contributed by atoms with Crippen LogP contribution in [0.15, 0.2) is 12.1 Å². The van der Waals surface area contributed by atoms with E-state index in [1.54, 1.807) is 19.1 Å². The number of aliphatic carboxylic acids is 2. The molecule has 134 valence electrons. The zero-order valence-corrected chi connectivity index (χ0v) is 19.1. The van der Waals surface area contributed by atoms with E-state index in [0.717, 1.165) is 5.56 Å². The summed E-state index contributed by atoms with van der Waals surface area (Å²) in [5, 5.41) is 54.7. The fourth-order valence-electron chi connectivity index (χ4n) is 2.11. The molecule has 0 saturated carbocycles. The Morgan fingerprint density at radius 3 is 1.58 bits per heavy atom. The summed E-state index contributed by atoms with van der Waals surface area (Å²) in [6.07, 6.45) is 0. The zero-order chi connectivity index (χ0) is 18.3. The van der Waals surface area contributed by atoms with Gasteiger partial charge in [-0.1, -0.05) is 17.7 Å². The maximum atomic E-state index is 10.8. The summed E-state index contributed by atoms with van der Waals surface area (Å²) < 4.78 is 0. The number of carbonyl (C=O) groups excluding carboxylic acids is 2. The number of benzene rings is 1. The van der Waals surface area contributed by atoms with E-state index in [4.69, 9.17) is 10.2 Å². The third kappa shape index (κ3) is 8.66. The number of carbonyl (C=O) groups is 2. The molecule has 0 aromatic heterocycles. The molecule has 0 saturated heterocycles. The molecule has 0 aliphatic carbocycles. The Kier molecular flexibility index (Phi) is 15.0. The third-order valence-corrected chi connectivity index (χ3v) is 3.42. The average Bonchev–Trinajstić information content (AvgIpc) is 2.51. The van der Waals surface area contributed by atoms with Crippen molar-refractivity contribution >= 4 is 11.9 Å². The molecule has 26 heavy (non-hydrogen) atoms. The van der Waals surface area contributed by atoms with E-state index >= 15 is 0 Å². The number of hydrogen-bond acceptors (Lipinski definition) is 9. The molecule has 0 fully saturated rings. The van der Waals surface area contributed by atoms with Crippen LogP contribution in [0.2, 0.25) is 0 Å². The van der Waals surface area contributed by atoms with Gasteiger partial charge in [0.1, 0.15) is 5.75 Å². The molecule has 1 aromatic carbocycles. The van der Waals surface area contributed by atoms with E-state index in [9.17, 15) is 24.9 Å². The number of carboxylic acid groups (broad SMARTS) is 2. The summed E-state index contributed by atoms with van der Waals surface area (Å²) in [5.41, 5.74) is 1.50. The van der Waals surface area contributed by atoms with Crippen LogP contribution in [0.1, 0.15) is 16.7 Å². The van der Waals surface area contributed by atoms with Crippen molar-refractivity contribution in [2.75, 3.05) is 13.2 Å². The number of aliphatic hydroxyl groups is 2. The fourth-order valence-corrected chi connectivity index (χ4v) is 2.11. The van der Waals surface area contributed by atoms with Crippen molar-refractivity contribution in [2.24, 2.45) is 0 Å². The van der Waals surface area contributed by atoms with Gasteiger partial charge >= 0.3 is 59.1 Å². The van der Waals surface area contributed by atoms with Gasteiger partial charge in [-0.2, -0.15) is 0 Å². The Balaban J connectivity index is 0. The van der Waals surface area contributed by atoms with Crippen LogP contribution in [0, 0.1) is 6.92 Å². The van der Waals surface area contributed by atoms with Crippen LogP contribution in [0.5, 0.6) is 5.75 Å². The van der Waals surface area contributed by atoms with Crippen LogP contribution < -0.4 is 80.0 Å². The van der Waals surface area contributed by atoms with Gasteiger partial charge in [0.15, 0.2) is 0 Å². The molecule has 0 radical (unpaired) electrons. The summed E-state index contributed by atoms with van der Waals surface area (Å²) >= 11 is 0. The third-order valence-electron chi connectivity index (χ3n) is 3.42. The summed E-state index contributed by atoms with van der Waals surface area (Å²) in [6.45, 7) is 0.352. The van der Waals surface area contributed by atoms with Crippen molar-refractivity contribution in [3.8, 4) is 5.75 Å². The number of aliphatic hydroxyl groups excluding tert-OH is 2. The molecule has 0 spiro atoms. The standard InChI is InChI=1S/C15H22N2O7.2Na/c1-8-2-9(4-16-11(6-18)14(21)22)13(20)10(3-8)5-17-12(7-19)15(23)24;;/h2-3,11-12,16-20H,4-7H2,1H3,(H,21,22)(H,23,24);;/q;2*+1/p-2/t11-,12-;;/m0../s1. The van der Waals surface area contributed by atoms with Crippen molar-refractivity contribution in [2.45, 2.75) is 32.1 Å². The second-order valence-electron chi connectivity index (χ2n) is 5.30. The molecular formula is C15H20N2Na2O7.